The van der Waals surface area contributed by atoms with E-state index in [1.165, 1.54) is 23.3 Å². The maximum atomic E-state index is 4.34. The molecule has 0 spiro atoms. The van der Waals surface area contributed by atoms with E-state index in [2.05, 4.69) is 46.0 Å². The zero-order valence-corrected chi connectivity index (χ0v) is 12.6. The SMILES string of the molecule is CSc1ccccc1-c1nnc(CCNC2CC2)s1. The topological polar surface area (TPSA) is 37.8 Å². The molecule has 1 N–H and O–H groups in total. The van der Waals surface area contributed by atoms with Gasteiger partial charge in [-0.1, -0.05) is 29.5 Å². The second kappa shape index (κ2) is 6.03. The lowest BCUT2D eigenvalue weighted by atomic mass is 10.2. The Bertz CT molecular complexity index is 549. The van der Waals surface area contributed by atoms with Crippen molar-refractivity contribution in [2.45, 2.75) is 30.2 Å². The molecule has 0 unspecified atom stereocenters. The van der Waals surface area contributed by atoms with Gasteiger partial charge in [0, 0.05) is 29.5 Å². The first-order valence-electron chi connectivity index (χ1n) is 6.56. The second-order valence-electron chi connectivity index (χ2n) is 4.68. The van der Waals surface area contributed by atoms with E-state index in [0.29, 0.717) is 0 Å². The summed E-state index contributed by atoms with van der Waals surface area (Å²) >= 11 is 3.47. The molecule has 0 saturated heterocycles. The monoisotopic (exact) mass is 291 g/mol. The number of thioether (sulfide) groups is 1. The van der Waals surface area contributed by atoms with Crippen LogP contribution in [0.2, 0.25) is 0 Å². The summed E-state index contributed by atoms with van der Waals surface area (Å²) < 4.78 is 0. The van der Waals surface area contributed by atoms with Crippen molar-refractivity contribution < 1.29 is 0 Å². The zero-order chi connectivity index (χ0) is 13.1. The third-order valence-electron chi connectivity index (χ3n) is 3.15. The quantitative estimate of drug-likeness (QED) is 0.829. The van der Waals surface area contributed by atoms with E-state index >= 15 is 0 Å². The number of aromatic nitrogens is 2. The average molecular weight is 291 g/mol. The van der Waals surface area contributed by atoms with Crippen LogP contribution >= 0.6 is 23.1 Å². The van der Waals surface area contributed by atoms with Crippen molar-refractivity contribution in [3.8, 4) is 10.6 Å². The Kier molecular flexibility index (Phi) is 4.15. The first-order chi connectivity index (χ1) is 9.36. The van der Waals surface area contributed by atoms with Crippen LogP contribution in [-0.2, 0) is 6.42 Å². The van der Waals surface area contributed by atoms with Gasteiger partial charge in [-0.2, -0.15) is 0 Å². The summed E-state index contributed by atoms with van der Waals surface area (Å²) in [5, 5.41) is 14.3. The van der Waals surface area contributed by atoms with Gasteiger partial charge >= 0.3 is 0 Å². The van der Waals surface area contributed by atoms with Gasteiger partial charge in [-0.15, -0.1) is 22.0 Å². The fraction of sp³-hybridized carbons (Fsp3) is 0.429. The van der Waals surface area contributed by atoms with E-state index in [1.54, 1.807) is 23.1 Å². The van der Waals surface area contributed by atoms with Crippen LogP contribution < -0.4 is 5.32 Å². The third-order valence-corrected chi connectivity index (χ3v) is 4.97. The predicted molar refractivity (Wildman–Crippen MR) is 81.9 cm³/mol. The lowest BCUT2D eigenvalue weighted by molar-refractivity contribution is 0.677. The molecule has 1 aromatic carbocycles. The van der Waals surface area contributed by atoms with Crippen LogP contribution in [0.25, 0.3) is 10.6 Å². The van der Waals surface area contributed by atoms with E-state index in [-0.39, 0.29) is 0 Å². The molecule has 1 fully saturated rings. The third kappa shape index (κ3) is 3.35. The van der Waals surface area contributed by atoms with Gasteiger partial charge in [-0.25, -0.2) is 0 Å². The normalized spacial score (nSPS) is 14.8. The minimum Gasteiger partial charge on any atom is -0.314 e. The summed E-state index contributed by atoms with van der Waals surface area (Å²) in [6.45, 7) is 1.02. The van der Waals surface area contributed by atoms with Gasteiger partial charge in [-0.3, -0.25) is 0 Å². The van der Waals surface area contributed by atoms with Gasteiger partial charge in [0.25, 0.3) is 0 Å². The Hall–Kier alpha value is -0.910. The molecule has 19 heavy (non-hydrogen) atoms. The van der Waals surface area contributed by atoms with Crippen LogP contribution in [0.3, 0.4) is 0 Å². The molecule has 100 valence electrons. The maximum absolute atomic E-state index is 4.34. The second-order valence-corrected chi connectivity index (χ2v) is 6.59. The Labute approximate surface area is 121 Å². The standard InChI is InChI=1S/C14H17N3S2/c1-18-12-5-3-2-4-11(12)14-17-16-13(19-14)8-9-15-10-6-7-10/h2-5,10,15H,6-9H2,1H3. The molecule has 5 heteroatoms. The van der Waals surface area contributed by atoms with Crippen molar-refractivity contribution in [3.63, 3.8) is 0 Å². The molecule has 3 rings (SSSR count). The summed E-state index contributed by atoms with van der Waals surface area (Å²) in [7, 11) is 0. The summed E-state index contributed by atoms with van der Waals surface area (Å²) in [6, 6.07) is 9.15. The molecular weight excluding hydrogens is 274 g/mol. The van der Waals surface area contributed by atoms with Crippen molar-refractivity contribution in [1.29, 1.82) is 0 Å². The molecule has 1 aromatic heterocycles. The highest BCUT2D eigenvalue weighted by Gasteiger charge is 2.20. The Morgan fingerprint density at radius 1 is 1.32 bits per heavy atom. The van der Waals surface area contributed by atoms with Crippen LogP contribution in [0.5, 0.6) is 0 Å². The highest BCUT2D eigenvalue weighted by Crippen LogP contribution is 2.31. The molecule has 1 aliphatic rings. The van der Waals surface area contributed by atoms with Gasteiger partial charge in [-0.05, 0) is 25.2 Å². The molecule has 0 aliphatic heterocycles. The van der Waals surface area contributed by atoms with Crippen molar-refractivity contribution in [2.24, 2.45) is 0 Å². The molecule has 1 aliphatic carbocycles. The first kappa shape index (κ1) is 13.1. The lowest BCUT2D eigenvalue weighted by Crippen LogP contribution is -2.19. The van der Waals surface area contributed by atoms with E-state index in [4.69, 9.17) is 0 Å². The van der Waals surface area contributed by atoms with Gasteiger partial charge in [0.1, 0.15) is 10.0 Å². The Morgan fingerprint density at radius 3 is 2.95 bits per heavy atom. The Morgan fingerprint density at radius 2 is 2.16 bits per heavy atom. The van der Waals surface area contributed by atoms with Crippen LogP contribution in [0.1, 0.15) is 17.8 Å². The molecule has 0 bridgehead atoms. The average Bonchev–Trinajstić information content (AvgIpc) is 3.15. The van der Waals surface area contributed by atoms with Crippen LogP contribution in [0.15, 0.2) is 29.2 Å². The molecular formula is C14H17N3S2. The highest BCUT2D eigenvalue weighted by molar-refractivity contribution is 7.98. The molecule has 0 radical (unpaired) electrons. The molecule has 1 heterocycles. The summed E-state index contributed by atoms with van der Waals surface area (Å²) in [4.78, 5) is 1.27. The van der Waals surface area contributed by atoms with Crippen LogP contribution in [-0.4, -0.2) is 29.0 Å². The van der Waals surface area contributed by atoms with Gasteiger partial charge in [0.2, 0.25) is 0 Å². The Balaban J connectivity index is 1.68. The van der Waals surface area contributed by atoms with E-state index < -0.39 is 0 Å². The molecule has 0 amide bonds. The van der Waals surface area contributed by atoms with Crippen molar-refractivity contribution >= 4 is 23.1 Å². The molecule has 3 nitrogen and oxygen atoms in total. The molecule has 0 atom stereocenters. The minimum atomic E-state index is 0.768. The first-order valence-corrected chi connectivity index (χ1v) is 8.60. The number of hydrogen-bond donors (Lipinski definition) is 1. The van der Waals surface area contributed by atoms with E-state index in [1.807, 2.05) is 0 Å². The fourth-order valence-electron chi connectivity index (χ4n) is 1.96. The highest BCUT2D eigenvalue weighted by atomic mass is 32.2. The summed E-state index contributed by atoms with van der Waals surface area (Å²) in [5.74, 6) is 0. The summed E-state index contributed by atoms with van der Waals surface area (Å²) in [6.07, 6.45) is 5.75. The summed E-state index contributed by atoms with van der Waals surface area (Å²) in [5.41, 5.74) is 1.20. The number of nitrogens with zero attached hydrogens (tertiary/aromatic N) is 2. The van der Waals surface area contributed by atoms with Gasteiger partial charge < -0.3 is 5.32 Å². The largest absolute Gasteiger partial charge is 0.314 e. The van der Waals surface area contributed by atoms with Crippen molar-refractivity contribution in [2.75, 3.05) is 12.8 Å². The van der Waals surface area contributed by atoms with Crippen molar-refractivity contribution in [3.05, 3.63) is 29.3 Å². The zero-order valence-electron chi connectivity index (χ0n) is 10.9. The molecule has 1 saturated carbocycles. The number of rotatable bonds is 6. The predicted octanol–water partition coefficient (Wildman–Crippen LogP) is 3.22. The number of hydrogen-bond acceptors (Lipinski definition) is 5. The number of nitrogens with one attached hydrogen (secondary N) is 1. The fourth-order valence-corrected chi connectivity index (χ4v) is 3.50. The van der Waals surface area contributed by atoms with E-state index in [9.17, 15) is 0 Å². The van der Waals surface area contributed by atoms with Gasteiger partial charge in [0.05, 0.1) is 0 Å². The maximum Gasteiger partial charge on any atom is 0.148 e. The lowest BCUT2D eigenvalue weighted by Gasteiger charge is -2.02. The van der Waals surface area contributed by atoms with Crippen molar-refractivity contribution in [1.82, 2.24) is 15.5 Å². The van der Waals surface area contributed by atoms with Gasteiger partial charge in [0.15, 0.2) is 0 Å². The number of benzene rings is 1. The van der Waals surface area contributed by atoms with Crippen LogP contribution in [0.4, 0.5) is 0 Å². The van der Waals surface area contributed by atoms with Crippen LogP contribution in [0, 0.1) is 0 Å². The van der Waals surface area contributed by atoms with E-state index in [0.717, 1.165) is 29.0 Å². The minimum absolute atomic E-state index is 0.768. The smallest absolute Gasteiger partial charge is 0.148 e. The molecule has 2 aromatic rings.